The van der Waals surface area contributed by atoms with Crippen molar-refractivity contribution in [3.05, 3.63) is 65.2 Å². The van der Waals surface area contributed by atoms with Crippen LogP contribution < -0.4 is 4.74 Å². The van der Waals surface area contributed by atoms with E-state index < -0.39 is 5.60 Å². The van der Waals surface area contributed by atoms with E-state index in [-0.39, 0.29) is 5.97 Å². The Balaban J connectivity index is 2.08. The van der Waals surface area contributed by atoms with Gasteiger partial charge in [0.25, 0.3) is 0 Å². The third kappa shape index (κ3) is 3.02. The minimum absolute atomic E-state index is 0.280. The molecule has 3 rings (SSSR count). The van der Waals surface area contributed by atoms with Crippen LogP contribution in [0.5, 0.6) is 5.75 Å². The molecule has 0 saturated carbocycles. The molecule has 0 bridgehead atoms. The van der Waals surface area contributed by atoms with Crippen LogP contribution in [-0.2, 0) is 16.8 Å². The van der Waals surface area contributed by atoms with Crippen LogP contribution in [0.1, 0.15) is 27.9 Å². The van der Waals surface area contributed by atoms with Crippen molar-refractivity contribution in [3.63, 3.8) is 0 Å². The molecular weight excluding hydrogens is 302 g/mol. The van der Waals surface area contributed by atoms with E-state index in [0.717, 1.165) is 29.8 Å². The molecule has 1 atom stereocenters. The SMILES string of the molecule is COc1cccc2c1CC(CCN(C)C)(c1ccccc1)OC2=O. The summed E-state index contributed by atoms with van der Waals surface area (Å²) in [5.74, 6) is 0.465. The molecule has 0 saturated heterocycles. The Bertz CT molecular complexity index is 727. The third-order valence-electron chi connectivity index (χ3n) is 4.59. The number of nitrogens with zero attached hydrogens (tertiary/aromatic N) is 1. The summed E-state index contributed by atoms with van der Waals surface area (Å²) in [5.41, 5.74) is 1.89. The van der Waals surface area contributed by atoms with Gasteiger partial charge in [-0.05, 0) is 31.8 Å². The number of methoxy groups -OCH3 is 1. The van der Waals surface area contributed by atoms with Gasteiger partial charge in [0.2, 0.25) is 0 Å². The van der Waals surface area contributed by atoms with Crippen LogP contribution in [-0.4, -0.2) is 38.6 Å². The van der Waals surface area contributed by atoms with E-state index in [1.807, 2.05) is 56.6 Å². The van der Waals surface area contributed by atoms with Crippen molar-refractivity contribution in [2.24, 2.45) is 0 Å². The lowest BCUT2D eigenvalue weighted by Crippen LogP contribution is -2.41. The first-order valence-electron chi connectivity index (χ1n) is 8.15. The van der Waals surface area contributed by atoms with Crippen LogP contribution in [0.25, 0.3) is 0 Å². The van der Waals surface area contributed by atoms with Gasteiger partial charge in [0.1, 0.15) is 11.4 Å². The number of carbonyl (C=O) groups is 1. The molecule has 1 unspecified atom stereocenters. The van der Waals surface area contributed by atoms with Crippen LogP contribution in [0, 0.1) is 0 Å². The maximum absolute atomic E-state index is 12.7. The van der Waals surface area contributed by atoms with Crippen molar-refractivity contribution in [2.75, 3.05) is 27.7 Å². The normalized spacial score (nSPS) is 19.8. The molecule has 0 aliphatic carbocycles. The van der Waals surface area contributed by atoms with E-state index in [0.29, 0.717) is 12.0 Å². The molecule has 0 radical (unpaired) electrons. The lowest BCUT2D eigenvalue weighted by Gasteiger charge is -2.39. The van der Waals surface area contributed by atoms with Gasteiger partial charge in [-0.3, -0.25) is 0 Å². The van der Waals surface area contributed by atoms with Gasteiger partial charge in [-0.2, -0.15) is 0 Å². The first kappa shape index (κ1) is 16.5. The smallest absolute Gasteiger partial charge is 0.339 e. The summed E-state index contributed by atoms with van der Waals surface area (Å²) >= 11 is 0. The van der Waals surface area contributed by atoms with Crippen LogP contribution in [0.3, 0.4) is 0 Å². The number of hydrogen-bond donors (Lipinski definition) is 0. The lowest BCUT2D eigenvalue weighted by molar-refractivity contribution is -0.0359. The first-order chi connectivity index (χ1) is 11.6. The van der Waals surface area contributed by atoms with Crippen molar-refractivity contribution in [3.8, 4) is 5.75 Å². The van der Waals surface area contributed by atoms with Crippen molar-refractivity contribution in [1.82, 2.24) is 4.90 Å². The molecule has 4 heteroatoms. The van der Waals surface area contributed by atoms with Crippen LogP contribution in [0.2, 0.25) is 0 Å². The zero-order valence-electron chi connectivity index (χ0n) is 14.4. The van der Waals surface area contributed by atoms with E-state index in [1.165, 1.54) is 0 Å². The second-order valence-electron chi connectivity index (χ2n) is 6.47. The van der Waals surface area contributed by atoms with Gasteiger partial charge in [-0.15, -0.1) is 0 Å². The number of fused-ring (bicyclic) bond motifs is 1. The number of rotatable bonds is 5. The fourth-order valence-electron chi connectivity index (χ4n) is 3.28. The van der Waals surface area contributed by atoms with Gasteiger partial charge < -0.3 is 14.4 Å². The predicted molar refractivity (Wildman–Crippen MR) is 93.4 cm³/mol. The summed E-state index contributed by atoms with van der Waals surface area (Å²) < 4.78 is 11.5. The molecule has 4 nitrogen and oxygen atoms in total. The van der Waals surface area contributed by atoms with Gasteiger partial charge in [0, 0.05) is 24.9 Å². The van der Waals surface area contributed by atoms with Crippen LogP contribution in [0.15, 0.2) is 48.5 Å². The summed E-state index contributed by atoms with van der Waals surface area (Å²) in [7, 11) is 5.69. The largest absolute Gasteiger partial charge is 0.496 e. The Morgan fingerprint density at radius 3 is 2.54 bits per heavy atom. The van der Waals surface area contributed by atoms with Crippen molar-refractivity contribution in [2.45, 2.75) is 18.4 Å². The number of cyclic esters (lactones) is 1. The molecule has 1 aliphatic heterocycles. The van der Waals surface area contributed by atoms with Crippen LogP contribution in [0.4, 0.5) is 0 Å². The second kappa shape index (κ2) is 6.65. The third-order valence-corrected chi connectivity index (χ3v) is 4.59. The molecule has 2 aromatic carbocycles. The lowest BCUT2D eigenvalue weighted by atomic mass is 9.80. The zero-order valence-corrected chi connectivity index (χ0v) is 14.4. The molecule has 1 heterocycles. The quantitative estimate of drug-likeness (QED) is 0.791. The van der Waals surface area contributed by atoms with Crippen molar-refractivity contribution < 1.29 is 14.3 Å². The number of carbonyl (C=O) groups excluding carboxylic acids is 1. The summed E-state index contributed by atoms with van der Waals surface area (Å²) in [6.07, 6.45) is 1.35. The number of ether oxygens (including phenoxy) is 2. The topological polar surface area (TPSA) is 38.8 Å². The minimum Gasteiger partial charge on any atom is -0.496 e. The Morgan fingerprint density at radius 2 is 1.88 bits per heavy atom. The first-order valence-corrected chi connectivity index (χ1v) is 8.15. The molecule has 1 aliphatic rings. The second-order valence-corrected chi connectivity index (χ2v) is 6.47. The summed E-state index contributed by atoms with van der Waals surface area (Å²) in [6, 6.07) is 15.5. The van der Waals surface area contributed by atoms with E-state index in [9.17, 15) is 4.79 Å². The molecular formula is C20H23NO3. The molecule has 0 fully saturated rings. The highest BCUT2D eigenvalue weighted by Gasteiger charge is 2.42. The predicted octanol–water partition coefficient (Wildman–Crippen LogP) is 3.26. The fraction of sp³-hybridized carbons (Fsp3) is 0.350. The van der Waals surface area contributed by atoms with Crippen molar-refractivity contribution >= 4 is 5.97 Å². The van der Waals surface area contributed by atoms with Gasteiger partial charge in [0.15, 0.2) is 0 Å². The number of benzene rings is 2. The monoisotopic (exact) mass is 325 g/mol. The average molecular weight is 325 g/mol. The summed E-state index contributed by atoms with van der Waals surface area (Å²) in [4.78, 5) is 14.8. The average Bonchev–Trinajstić information content (AvgIpc) is 2.60. The standard InChI is InChI=1S/C20H23NO3/c1-21(2)13-12-20(15-8-5-4-6-9-15)14-17-16(19(22)24-20)10-7-11-18(17)23-3/h4-11H,12-14H2,1-3H3. The highest BCUT2D eigenvalue weighted by Crippen LogP contribution is 2.42. The van der Waals surface area contributed by atoms with E-state index in [2.05, 4.69) is 4.90 Å². The molecule has 0 N–H and O–H groups in total. The molecule has 0 spiro atoms. The highest BCUT2D eigenvalue weighted by molar-refractivity contribution is 5.93. The van der Waals surface area contributed by atoms with Gasteiger partial charge in [0.05, 0.1) is 12.7 Å². The number of esters is 1. The molecule has 0 amide bonds. The Hall–Kier alpha value is -2.33. The highest BCUT2D eigenvalue weighted by atomic mass is 16.6. The van der Waals surface area contributed by atoms with E-state index in [4.69, 9.17) is 9.47 Å². The molecule has 126 valence electrons. The minimum atomic E-state index is -0.662. The van der Waals surface area contributed by atoms with E-state index >= 15 is 0 Å². The fourth-order valence-corrected chi connectivity index (χ4v) is 3.28. The van der Waals surface area contributed by atoms with Crippen LogP contribution >= 0.6 is 0 Å². The Kier molecular flexibility index (Phi) is 4.58. The van der Waals surface area contributed by atoms with Gasteiger partial charge >= 0.3 is 5.97 Å². The molecule has 24 heavy (non-hydrogen) atoms. The molecule has 0 aromatic heterocycles. The Labute approximate surface area is 143 Å². The number of hydrogen-bond acceptors (Lipinski definition) is 4. The van der Waals surface area contributed by atoms with Crippen molar-refractivity contribution in [1.29, 1.82) is 0 Å². The maximum atomic E-state index is 12.7. The summed E-state index contributed by atoms with van der Waals surface area (Å²) in [6.45, 7) is 0.826. The molecule has 2 aromatic rings. The summed E-state index contributed by atoms with van der Waals surface area (Å²) in [5, 5.41) is 0. The van der Waals surface area contributed by atoms with Gasteiger partial charge in [-0.25, -0.2) is 4.79 Å². The maximum Gasteiger partial charge on any atom is 0.339 e. The van der Waals surface area contributed by atoms with Gasteiger partial charge in [-0.1, -0.05) is 36.4 Å². The van der Waals surface area contributed by atoms with E-state index in [1.54, 1.807) is 13.2 Å². The zero-order chi connectivity index (χ0) is 17.2. The Morgan fingerprint density at radius 1 is 1.12 bits per heavy atom.